The van der Waals surface area contributed by atoms with Gasteiger partial charge < -0.3 is 5.73 Å². The highest BCUT2D eigenvalue weighted by atomic mass is 32.2. The van der Waals surface area contributed by atoms with Crippen molar-refractivity contribution in [2.45, 2.75) is 11.8 Å². The first-order valence-electron chi connectivity index (χ1n) is 6.99. The average molecular weight is 342 g/mol. The zero-order valence-corrected chi connectivity index (χ0v) is 14.1. The van der Waals surface area contributed by atoms with Gasteiger partial charge in [-0.15, -0.1) is 22.2 Å². The fourth-order valence-electron chi connectivity index (χ4n) is 2.33. The molecule has 0 radical (unpaired) electrons. The molecule has 2 N–H and O–H groups in total. The number of carbonyl (C=O) groups excluding carboxylic acids is 1. The Morgan fingerprint density at radius 1 is 1.52 bits per heavy atom. The summed E-state index contributed by atoms with van der Waals surface area (Å²) in [5.41, 5.74) is 8.20. The third kappa shape index (κ3) is 3.14. The molecule has 1 aliphatic rings. The summed E-state index contributed by atoms with van der Waals surface area (Å²) in [4.78, 5) is 20.4. The Bertz CT molecular complexity index is 912. The van der Waals surface area contributed by atoms with Crippen LogP contribution in [-0.4, -0.2) is 32.9 Å². The van der Waals surface area contributed by atoms with E-state index in [0.717, 1.165) is 27.1 Å². The molecule has 1 aromatic heterocycles. The molecular weight excluding hydrogens is 328 g/mol. The standard InChI is InChI=1S/C16H14N4OS2/c1-2-22-15-11(6-17)7-19-13-4-3-10(5-12(13)15)8-23-9-14(21)20-16(23)18/h3-5,7-8H,2,9H2,1H3,(H2,18,20,21). The lowest BCUT2D eigenvalue weighted by molar-refractivity contribution is -0.115. The van der Waals surface area contributed by atoms with Gasteiger partial charge >= 0.3 is 0 Å². The van der Waals surface area contributed by atoms with Crippen molar-refractivity contribution in [3.63, 3.8) is 0 Å². The lowest BCUT2D eigenvalue weighted by Gasteiger charge is -2.08. The Labute approximate surface area is 140 Å². The second-order valence-corrected chi connectivity index (χ2v) is 7.93. The summed E-state index contributed by atoms with van der Waals surface area (Å²) in [6.07, 6.45) is 1.62. The number of nitrogens with two attached hydrogens (primary N) is 1. The van der Waals surface area contributed by atoms with Crippen LogP contribution in [0.1, 0.15) is 18.1 Å². The molecule has 5 nitrogen and oxygen atoms in total. The maximum absolute atomic E-state index is 11.4. The van der Waals surface area contributed by atoms with Crippen LogP contribution in [0.15, 0.2) is 34.3 Å². The number of rotatable bonds is 3. The van der Waals surface area contributed by atoms with Gasteiger partial charge in [-0.25, -0.2) is 0 Å². The summed E-state index contributed by atoms with van der Waals surface area (Å²) >= 11 is 1.63. The van der Waals surface area contributed by atoms with Crippen molar-refractivity contribution >= 4 is 49.6 Å². The van der Waals surface area contributed by atoms with Crippen LogP contribution in [0.3, 0.4) is 0 Å². The van der Waals surface area contributed by atoms with Crippen molar-refractivity contribution in [2.24, 2.45) is 10.7 Å². The number of benzene rings is 1. The van der Waals surface area contributed by atoms with Crippen molar-refractivity contribution in [3.05, 3.63) is 35.5 Å². The topological polar surface area (TPSA) is 92.1 Å². The predicted octanol–water partition coefficient (Wildman–Crippen LogP) is 2.49. The highest BCUT2D eigenvalue weighted by molar-refractivity contribution is 8.28. The van der Waals surface area contributed by atoms with E-state index < -0.39 is 10.5 Å². The van der Waals surface area contributed by atoms with Gasteiger partial charge in [-0.1, -0.05) is 13.0 Å². The maximum Gasteiger partial charge on any atom is 0.258 e. The van der Waals surface area contributed by atoms with Crippen LogP contribution < -0.4 is 5.73 Å². The monoisotopic (exact) mass is 342 g/mol. The fourth-order valence-corrected chi connectivity index (χ4v) is 4.56. The van der Waals surface area contributed by atoms with Crippen LogP contribution in [0.25, 0.3) is 10.9 Å². The Morgan fingerprint density at radius 3 is 3.00 bits per heavy atom. The number of hydrogen-bond donors (Lipinski definition) is 1. The number of amidine groups is 1. The molecule has 23 heavy (non-hydrogen) atoms. The molecule has 1 atom stereocenters. The first-order valence-corrected chi connectivity index (χ1v) is 9.44. The van der Waals surface area contributed by atoms with Gasteiger partial charge in [0.2, 0.25) is 0 Å². The van der Waals surface area contributed by atoms with Gasteiger partial charge in [0.1, 0.15) is 6.07 Å². The van der Waals surface area contributed by atoms with Gasteiger partial charge in [-0.2, -0.15) is 10.3 Å². The van der Waals surface area contributed by atoms with E-state index >= 15 is 0 Å². The molecule has 116 valence electrons. The quantitative estimate of drug-likeness (QED) is 0.683. The minimum Gasteiger partial charge on any atom is -0.379 e. The van der Waals surface area contributed by atoms with Crippen LogP contribution in [0.2, 0.25) is 0 Å². The van der Waals surface area contributed by atoms with Crippen LogP contribution in [0.4, 0.5) is 0 Å². The molecule has 0 fully saturated rings. The molecule has 0 saturated heterocycles. The number of fused-ring (bicyclic) bond motifs is 1. The van der Waals surface area contributed by atoms with Crippen LogP contribution >= 0.6 is 22.2 Å². The van der Waals surface area contributed by atoms with E-state index in [1.165, 1.54) is 0 Å². The molecular formula is C16H14N4OS2. The van der Waals surface area contributed by atoms with E-state index in [4.69, 9.17) is 5.73 Å². The van der Waals surface area contributed by atoms with E-state index in [2.05, 4.69) is 23.0 Å². The highest BCUT2D eigenvalue weighted by Crippen LogP contribution is 2.31. The first kappa shape index (κ1) is 15.7. The number of amides is 1. The van der Waals surface area contributed by atoms with E-state index in [9.17, 15) is 10.1 Å². The van der Waals surface area contributed by atoms with Gasteiger partial charge in [0, 0.05) is 16.5 Å². The largest absolute Gasteiger partial charge is 0.379 e. The molecule has 1 aromatic carbocycles. The van der Waals surface area contributed by atoms with Crippen molar-refractivity contribution in [1.29, 1.82) is 5.26 Å². The number of aromatic nitrogens is 1. The Hall–Kier alpha value is -2.17. The fraction of sp³-hybridized carbons (Fsp3) is 0.188. The van der Waals surface area contributed by atoms with Crippen molar-refractivity contribution < 1.29 is 4.79 Å². The normalized spacial score (nSPS) is 17.5. The van der Waals surface area contributed by atoms with E-state index in [0.29, 0.717) is 16.5 Å². The molecule has 0 spiro atoms. The summed E-state index contributed by atoms with van der Waals surface area (Å²) in [7, 11) is -0.452. The average Bonchev–Trinajstić information content (AvgIpc) is 2.85. The van der Waals surface area contributed by atoms with Gasteiger partial charge in [0.25, 0.3) is 5.91 Å². The van der Waals surface area contributed by atoms with Crippen LogP contribution in [-0.2, 0) is 4.79 Å². The zero-order valence-electron chi connectivity index (χ0n) is 12.4. The first-order chi connectivity index (χ1) is 11.1. The van der Waals surface area contributed by atoms with Crippen LogP contribution in [0.5, 0.6) is 0 Å². The highest BCUT2D eigenvalue weighted by Gasteiger charge is 2.16. The van der Waals surface area contributed by atoms with E-state index in [1.54, 1.807) is 18.0 Å². The van der Waals surface area contributed by atoms with Gasteiger partial charge in [-0.3, -0.25) is 9.78 Å². The Balaban J connectivity index is 2.13. The number of pyridine rings is 1. The summed E-state index contributed by atoms with van der Waals surface area (Å²) in [5, 5.41) is 12.6. The van der Waals surface area contributed by atoms with Gasteiger partial charge in [0.05, 0.1) is 16.8 Å². The third-order valence-corrected chi connectivity index (χ3v) is 6.07. The molecule has 0 bridgehead atoms. The third-order valence-electron chi connectivity index (χ3n) is 3.31. The van der Waals surface area contributed by atoms with Crippen LogP contribution in [0, 0.1) is 11.3 Å². The van der Waals surface area contributed by atoms with E-state index in [-0.39, 0.29) is 5.91 Å². The molecule has 2 heterocycles. The van der Waals surface area contributed by atoms with Crippen molar-refractivity contribution in [2.75, 3.05) is 11.5 Å². The number of hydrogen-bond acceptors (Lipinski definition) is 5. The molecule has 2 aromatic rings. The smallest absolute Gasteiger partial charge is 0.258 e. The Kier molecular flexibility index (Phi) is 4.46. The second kappa shape index (κ2) is 6.52. The van der Waals surface area contributed by atoms with E-state index in [1.807, 2.05) is 23.6 Å². The predicted molar refractivity (Wildman–Crippen MR) is 97.1 cm³/mol. The number of nitriles is 1. The molecule has 0 aliphatic carbocycles. The lowest BCUT2D eigenvalue weighted by atomic mass is 10.1. The molecule has 7 heteroatoms. The molecule has 0 saturated carbocycles. The summed E-state index contributed by atoms with van der Waals surface area (Å²) in [6, 6.07) is 8.08. The number of nitrogens with zero attached hydrogens (tertiary/aromatic N) is 3. The Morgan fingerprint density at radius 2 is 2.35 bits per heavy atom. The molecule has 1 unspecified atom stereocenters. The molecule has 1 amide bonds. The zero-order chi connectivity index (χ0) is 16.4. The van der Waals surface area contributed by atoms with Gasteiger partial charge in [0.15, 0.2) is 5.17 Å². The van der Waals surface area contributed by atoms with Crippen molar-refractivity contribution in [1.82, 2.24) is 4.98 Å². The molecule has 1 aliphatic heterocycles. The van der Waals surface area contributed by atoms with Crippen molar-refractivity contribution in [3.8, 4) is 6.07 Å². The van der Waals surface area contributed by atoms with Gasteiger partial charge in [-0.05, 0) is 28.8 Å². The maximum atomic E-state index is 11.4. The number of aliphatic imine (C=N–C) groups is 1. The minimum atomic E-state index is -0.452. The molecule has 3 rings (SSSR count). The SMILES string of the molecule is CCSc1c(C#N)cnc2ccc(/C=S3/CC(=O)N=C3N)cc12. The number of thioether (sulfide) groups is 1. The number of carbonyl (C=O) groups is 1. The second-order valence-electron chi connectivity index (χ2n) is 4.86. The lowest BCUT2D eigenvalue weighted by Crippen LogP contribution is -2.06. The summed E-state index contributed by atoms with van der Waals surface area (Å²) in [5.74, 6) is 1.05. The summed E-state index contributed by atoms with van der Waals surface area (Å²) < 4.78 is 0. The summed E-state index contributed by atoms with van der Waals surface area (Å²) in [6.45, 7) is 2.05. The minimum absolute atomic E-state index is 0.168.